The summed E-state index contributed by atoms with van der Waals surface area (Å²) in [6, 6.07) is 5.89. The molecule has 0 bridgehead atoms. The molecular formula is C25H29F4N3O3S. The smallest absolute Gasteiger partial charge is 0.378 e. The molecule has 2 aliphatic rings. The van der Waals surface area contributed by atoms with E-state index in [1.165, 1.54) is 37.3 Å². The number of morpholine rings is 1. The second-order valence-corrected chi connectivity index (χ2v) is 10.9. The maximum atomic E-state index is 13.8. The van der Waals surface area contributed by atoms with E-state index in [0.717, 1.165) is 5.00 Å². The first-order chi connectivity index (χ1) is 16.9. The molecule has 4 rings (SSSR count). The van der Waals surface area contributed by atoms with Crippen LogP contribution in [-0.2, 0) is 20.7 Å². The maximum absolute atomic E-state index is 13.8. The summed E-state index contributed by atoms with van der Waals surface area (Å²) in [5, 5.41) is 3.67. The summed E-state index contributed by atoms with van der Waals surface area (Å²) >= 11 is 1.31. The Morgan fingerprint density at radius 3 is 2.31 bits per heavy atom. The van der Waals surface area contributed by atoms with Gasteiger partial charge in [-0.15, -0.1) is 11.3 Å². The molecule has 1 amide bonds. The van der Waals surface area contributed by atoms with Crippen LogP contribution >= 0.6 is 11.3 Å². The summed E-state index contributed by atoms with van der Waals surface area (Å²) in [6.45, 7) is 5.17. The van der Waals surface area contributed by atoms with Gasteiger partial charge in [-0.25, -0.2) is 9.37 Å². The minimum Gasteiger partial charge on any atom is -0.378 e. The predicted molar refractivity (Wildman–Crippen MR) is 128 cm³/mol. The van der Waals surface area contributed by atoms with E-state index in [4.69, 9.17) is 4.74 Å². The number of aromatic nitrogens is 1. The molecule has 2 fully saturated rings. The van der Waals surface area contributed by atoms with Crippen LogP contribution in [0.2, 0.25) is 0 Å². The molecule has 1 saturated carbocycles. The molecule has 1 aromatic carbocycles. The fraction of sp³-hybridized carbons (Fsp3) is 0.560. The van der Waals surface area contributed by atoms with Crippen LogP contribution in [0, 0.1) is 11.2 Å². The van der Waals surface area contributed by atoms with E-state index in [1.807, 2.05) is 0 Å². The van der Waals surface area contributed by atoms with Crippen molar-refractivity contribution in [1.82, 2.24) is 10.3 Å². The van der Waals surface area contributed by atoms with E-state index in [-0.39, 0.29) is 25.1 Å². The van der Waals surface area contributed by atoms with Gasteiger partial charge in [-0.1, -0.05) is 12.8 Å². The number of thiazole rings is 1. The van der Waals surface area contributed by atoms with Crippen molar-refractivity contribution in [3.8, 4) is 11.3 Å². The number of benzene rings is 1. The van der Waals surface area contributed by atoms with Crippen LogP contribution in [0.3, 0.4) is 0 Å². The molecule has 1 N–H and O–H groups in total. The average molecular weight is 528 g/mol. The van der Waals surface area contributed by atoms with Crippen LogP contribution in [0.5, 0.6) is 0 Å². The van der Waals surface area contributed by atoms with Gasteiger partial charge < -0.3 is 15.0 Å². The number of halogens is 4. The number of Topliss-reactive ketones (excluding diaryl/α,β-unsaturated/α-hetero) is 1. The van der Waals surface area contributed by atoms with Crippen LogP contribution in [0.15, 0.2) is 24.3 Å². The fourth-order valence-electron chi connectivity index (χ4n) is 4.66. The Bertz CT molecular complexity index is 1100. The van der Waals surface area contributed by atoms with Gasteiger partial charge >= 0.3 is 6.18 Å². The highest BCUT2D eigenvalue weighted by molar-refractivity contribution is 7.16. The molecule has 1 aliphatic heterocycles. The molecular weight excluding hydrogens is 498 g/mol. The monoisotopic (exact) mass is 527 g/mol. The topological polar surface area (TPSA) is 71.5 Å². The van der Waals surface area contributed by atoms with Gasteiger partial charge in [0, 0.05) is 18.7 Å². The Kier molecular flexibility index (Phi) is 7.43. The first kappa shape index (κ1) is 26.5. The number of rotatable bonds is 7. The number of ketones is 1. The summed E-state index contributed by atoms with van der Waals surface area (Å²) in [5.74, 6) is -1.97. The zero-order valence-corrected chi connectivity index (χ0v) is 21.0. The molecule has 1 aliphatic carbocycles. The third kappa shape index (κ3) is 5.27. The fourth-order valence-corrected chi connectivity index (χ4v) is 5.79. The second kappa shape index (κ2) is 10.1. The van der Waals surface area contributed by atoms with Crippen LogP contribution in [-0.4, -0.2) is 54.7 Å². The summed E-state index contributed by atoms with van der Waals surface area (Å²) < 4.78 is 60.3. The van der Waals surface area contributed by atoms with E-state index in [1.54, 1.807) is 12.1 Å². The Morgan fingerprint density at radius 1 is 1.11 bits per heavy atom. The van der Waals surface area contributed by atoms with E-state index < -0.39 is 28.8 Å². The summed E-state index contributed by atoms with van der Waals surface area (Å²) in [7, 11) is 0. The number of carbonyl (C=O) groups is 2. The average Bonchev–Trinajstić information content (AvgIpc) is 3.48. The third-order valence-corrected chi connectivity index (χ3v) is 8.05. The highest BCUT2D eigenvalue weighted by Gasteiger charge is 2.61. The van der Waals surface area contributed by atoms with Gasteiger partial charge in [0.25, 0.3) is 0 Å². The number of carbonyl (C=O) groups excluding carboxylic acids is 2. The minimum atomic E-state index is -4.68. The zero-order valence-electron chi connectivity index (χ0n) is 20.2. The summed E-state index contributed by atoms with van der Waals surface area (Å²) in [6.07, 6.45) is -4.76. The van der Waals surface area contributed by atoms with Crippen molar-refractivity contribution in [3.63, 3.8) is 0 Å². The zero-order chi connectivity index (χ0) is 26.1. The van der Waals surface area contributed by atoms with Crippen molar-refractivity contribution in [1.29, 1.82) is 0 Å². The maximum Gasteiger partial charge on any atom is 0.403 e. The quantitative estimate of drug-likeness (QED) is 0.518. The van der Waals surface area contributed by atoms with Gasteiger partial charge in [0.05, 0.1) is 25.2 Å². The van der Waals surface area contributed by atoms with E-state index in [2.05, 4.69) is 15.2 Å². The van der Waals surface area contributed by atoms with Crippen molar-refractivity contribution in [2.75, 3.05) is 31.2 Å². The SMILES string of the molecule is CC(C)(NC(=O)C1(C(F)(F)F)CCCC1)C(=O)Cc1nc(-c2ccc(F)cc2)c(N2CCOCC2)s1. The molecule has 1 aromatic heterocycles. The van der Waals surface area contributed by atoms with Crippen LogP contribution in [0.1, 0.15) is 44.5 Å². The van der Waals surface area contributed by atoms with Gasteiger partial charge in [-0.05, 0) is 51.0 Å². The van der Waals surface area contributed by atoms with Crippen LogP contribution < -0.4 is 10.2 Å². The number of alkyl halides is 3. The highest BCUT2D eigenvalue weighted by Crippen LogP contribution is 2.51. The van der Waals surface area contributed by atoms with Crippen molar-refractivity contribution in [2.45, 2.75) is 57.7 Å². The second-order valence-electron chi connectivity index (χ2n) is 9.83. The Balaban J connectivity index is 1.56. The number of hydrogen-bond donors (Lipinski definition) is 1. The van der Waals surface area contributed by atoms with Crippen molar-refractivity contribution >= 4 is 28.0 Å². The van der Waals surface area contributed by atoms with Gasteiger partial charge in [0.2, 0.25) is 5.91 Å². The highest BCUT2D eigenvalue weighted by atomic mass is 32.1. The largest absolute Gasteiger partial charge is 0.403 e. The Labute approximate surface area is 211 Å². The number of nitrogens with one attached hydrogen (secondary N) is 1. The van der Waals surface area contributed by atoms with E-state index >= 15 is 0 Å². The van der Waals surface area contributed by atoms with Crippen LogP contribution in [0.25, 0.3) is 11.3 Å². The lowest BCUT2D eigenvalue weighted by molar-refractivity contribution is -0.220. The standard InChI is InChI=1S/C25H29F4N3O3S/c1-23(2,31-22(34)24(25(27,28)29)9-3-4-10-24)18(33)15-19-30-20(16-5-7-17(26)8-6-16)21(36-19)32-11-13-35-14-12-32/h5-8H,3-4,9-15H2,1-2H3,(H,31,34). The number of hydrogen-bond acceptors (Lipinski definition) is 6. The Morgan fingerprint density at radius 2 is 1.72 bits per heavy atom. The first-order valence-corrected chi connectivity index (χ1v) is 12.8. The number of nitrogens with zero attached hydrogens (tertiary/aromatic N) is 2. The van der Waals surface area contributed by atoms with Crippen molar-refractivity contribution in [2.24, 2.45) is 5.41 Å². The first-order valence-electron chi connectivity index (χ1n) is 11.9. The summed E-state index contributed by atoms with van der Waals surface area (Å²) in [4.78, 5) is 32.8. The van der Waals surface area contributed by atoms with E-state index in [9.17, 15) is 27.2 Å². The lowest BCUT2D eigenvalue weighted by atomic mass is 9.82. The molecule has 0 unspecified atom stereocenters. The number of anilines is 1. The lowest BCUT2D eigenvalue weighted by Crippen LogP contribution is -2.58. The molecule has 11 heteroatoms. The van der Waals surface area contributed by atoms with Gasteiger partial charge in [-0.3, -0.25) is 9.59 Å². The normalized spacial score (nSPS) is 18.3. The molecule has 196 valence electrons. The van der Waals surface area contributed by atoms with E-state index in [0.29, 0.717) is 55.4 Å². The molecule has 36 heavy (non-hydrogen) atoms. The van der Waals surface area contributed by atoms with Crippen molar-refractivity contribution in [3.05, 3.63) is 35.1 Å². The molecule has 0 atom stereocenters. The molecule has 6 nitrogen and oxygen atoms in total. The van der Waals surface area contributed by atoms with Gasteiger partial charge in [0.1, 0.15) is 26.9 Å². The number of ether oxygens (including phenoxy) is 1. The third-order valence-electron chi connectivity index (χ3n) is 6.94. The van der Waals surface area contributed by atoms with Crippen molar-refractivity contribution < 1.29 is 31.9 Å². The van der Waals surface area contributed by atoms with Crippen LogP contribution in [0.4, 0.5) is 22.6 Å². The molecule has 0 spiro atoms. The predicted octanol–water partition coefficient (Wildman–Crippen LogP) is 4.91. The van der Waals surface area contributed by atoms with Gasteiger partial charge in [-0.2, -0.15) is 13.2 Å². The molecule has 1 saturated heterocycles. The lowest BCUT2D eigenvalue weighted by Gasteiger charge is -2.34. The molecule has 2 aromatic rings. The molecule has 2 heterocycles. The number of amides is 1. The Hall–Kier alpha value is -2.53. The van der Waals surface area contributed by atoms with Gasteiger partial charge in [0.15, 0.2) is 5.78 Å². The molecule has 0 radical (unpaired) electrons. The summed E-state index contributed by atoms with van der Waals surface area (Å²) in [5.41, 5.74) is -2.67. The minimum absolute atomic E-state index is 0.157.